The summed E-state index contributed by atoms with van der Waals surface area (Å²) in [6.45, 7) is 9.15. The number of nitriles is 1. The lowest BCUT2D eigenvalue weighted by Crippen LogP contribution is -2.21. The van der Waals surface area contributed by atoms with Gasteiger partial charge in [0, 0.05) is 17.6 Å². The van der Waals surface area contributed by atoms with Crippen molar-refractivity contribution in [1.29, 1.82) is 5.26 Å². The van der Waals surface area contributed by atoms with Crippen LogP contribution in [0.25, 0.3) is 22.2 Å². The maximum absolute atomic E-state index is 12.1. The number of fused-ring (bicyclic) bond motifs is 1. The molecule has 1 aliphatic carbocycles. The Morgan fingerprint density at radius 2 is 1.90 bits per heavy atom. The molecule has 0 unspecified atom stereocenters. The van der Waals surface area contributed by atoms with Crippen LogP contribution in [0.2, 0.25) is 0 Å². The van der Waals surface area contributed by atoms with Crippen LogP contribution in [-0.4, -0.2) is 16.8 Å². The molecule has 1 saturated carbocycles. The SMILES string of the molecule is CCn1c(-c2ccc(NC(=O)O[C@H](C)C3CC3)cc2)c(C#N)c2ccc(C(C)C)cc21. The van der Waals surface area contributed by atoms with Gasteiger partial charge in [0.1, 0.15) is 12.2 Å². The maximum Gasteiger partial charge on any atom is 0.411 e. The van der Waals surface area contributed by atoms with Crippen molar-refractivity contribution < 1.29 is 9.53 Å². The van der Waals surface area contributed by atoms with Gasteiger partial charge in [0.15, 0.2) is 0 Å². The zero-order chi connectivity index (χ0) is 22.1. The number of carbonyl (C=O) groups is 1. The van der Waals surface area contributed by atoms with Gasteiger partial charge in [0.2, 0.25) is 0 Å². The molecule has 1 fully saturated rings. The number of benzene rings is 2. The zero-order valence-corrected chi connectivity index (χ0v) is 18.6. The minimum Gasteiger partial charge on any atom is -0.446 e. The molecule has 5 nitrogen and oxygen atoms in total. The Kier molecular flexibility index (Phi) is 5.73. The van der Waals surface area contributed by atoms with Crippen molar-refractivity contribution in [2.75, 3.05) is 5.32 Å². The second kappa shape index (κ2) is 8.47. The predicted octanol–water partition coefficient (Wildman–Crippen LogP) is 6.67. The predicted molar refractivity (Wildman–Crippen MR) is 124 cm³/mol. The van der Waals surface area contributed by atoms with E-state index in [2.05, 4.69) is 54.9 Å². The topological polar surface area (TPSA) is 67.1 Å². The Morgan fingerprint density at radius 1 is 1.19 bits per heavy atom. The molecule has 1 aromatic heterocycles. The van der Waals surface area contributed by atoms with Crippen molar-refractivity contribution in [3.63, 3.8) is 0 Å². The van der Waals surface area contributed by atoms with Crippen molar-refractivity contribution in [2.24, 2.45) is 5.92 Å². The molecule has 4 rings (SSSR count). The van der Waals surface area contributed by atoms with E-state index in [1.165, 1.54) is 5.56 Å². The minimum absolute atomic E-state index is 0.0477. The van der Waals surface area contributed by atoms with Gasteiger partial charge < -0.3 is 9.30 Å². The molecule has 0 spiro atoms. The summed E-state index contributed by atoms with van der Waals surface area (Å²) < 4.78 is 7.64. The molecule has 0 bridgehead atoms. The number of amides is 1. The number of aromatic nitrogens is 1. The fourth-order valence-electron chi connectivity index (χ4n) is 4.16. The van der Waals surface area contributed by atoms with Gasteiger partial charge in [-0.1, -0.05) is 38.1 Å². The fourth-order valence-corrected chi connectivity index (χ4v) is 4.16. The van der Waals surface area contributed by atoms with Crippen LogP contribution in [0, 0.1) is 17.2 Å². The summed E-state index contributed by atoms with van der Waals surface area (Å²) in [5.41, 5.74) is 5.57. The van der Waals surface area contributed by atoms with E-state index in [1.807, 2.05) is 31.2 Å². The van der Waals surface area contributed by atoms with Crippen LogP contribution >= 0.6 is 0 Å². The third-order valence-electron chi connectivity index (χ3n) is 6.17. The smallest absolute Gasteiger partial charge is 0.411 e. The highest BCUT2D eigenvalue weighted by molar-refractivity contribution is 5.95. The van der Waals surface area contributed by atoms with E-state index in [-0.39, 0.29) is 6.10 Å². The number of ether oxygens (including phenoxy) is 1. The van der Waals surface area contributed by atoms with E-state index in [1.54, 1.807) is 0 Å². The van der Waals surface area contributed by atoms with Gasteiger partial charge in [-0.05, 0) is 67.9 Å². The van der Waals surface area contributed by atoms with Crippen LogP contribution < -0.4 is 5.32 Å². The van der Waals surface area contributed by atoms with Crippen LogP contribution in [0.15, 0.2) is 42.5 Å². The quantitative estimate of drug-likeness (QED) is 0.489. The first-order valence-electron chi connectivity index (χ1n) is 11.1. The Labute approximate surface area is 183 Å². The Bertz CT molecular complexity index is 1150. The van der Waals surface area contributed by atoms with Gasteiger partial charge in [-0.2, -0.15) is 5.26 Å². The third kappa shape index (κ3) is 4.16. The first-order valence-corrected chi connectivity index (χ1v) is 11.1. The molecule has 5 heteroatoms. The van der Waals surface area contributed by atoms with Gasteiger partial charge in [0.05, 0.1) is 16.8 Å². The van der Waals surface area contributed by atoms with Crippen molar-refractivity contribution >= 4 is 22.7 Å². The molecule has 1 amide bonds. The highest BCUT2D eigenvalue weighted by Crippen LogP contribution is 2.36. The Hall–Kier alpha value is -3.26. The lowest BCUT2D eigenvalue weighted by atomic mass is 10.0. The molecule has 3 aromatic rings. The minimum atomic E-state index is -0.422. The highest BCUT2D eigenvalue weighted by atomic mass is 16.6. The summed E-state index contributed by atoms with van der Waals surface area (Å²) in [5, 5.41) is 13.7. The van der Waals surface area contributed by atoms with Crippen LogP contribution in [0.1, 0.15) is 57.6 Å². The number of hydrogen-bond acceptors (Lipinski definition) is 3. The van der Waals surface area contributed by atoms with E-state index in [4.69, 9.17) is 4.74 Å². The van der Waals surface area contributed by atoms with E-state index in [0.717, 1.165) is 41.5 Å². The van der Waals surface area contributed by atoms with Crippen molar-refractivity contribution in [3.05, 3.63) is 53.6 Å². The maximum atomic E-state index is 12.1. The number of nitrogens with zero attached hydrogens (tertiary/aromatic N) is 2. The normalized spacial score (nSPS) is 14.5. The monoisotopic (exact) mass is 415 g/mol. The Morgan fingerprint density at radius 3 is 2.48 bits per heavy atom. The standard InChI is InChI=1S/C26H29N3O2/c1-5-29-24-14-20(16(2)3)10-13-22(24)23(15-27)25(29)19-8-11-21(12-9-19)28-26(30)31-17(4)18-6-7-18/h8-14,16-18H,5-7H2,1-4H3,(H,28,30)/t17-/m1/s1. The van der Waals surface area contributed by atoms with E-state index < -0.39 is 6.09 Å². The molecule has 160 valence electrons. The number of anilines is 1. The van der Waals surface area contributed by atoms with Gasteiger partial charge in [-0.25, -0.2) is 4.79 Å². The van der Waals surface area contributed by atoms with Crippen LogP contribution in [0.5, 0.6) is 0 Å². The highest BCUT2D eigenvalue weighted by Gasteiger charge is 2.30. The summed E-state index contributed by atoms with van der Waals surface area (Å²) in [5.74, 6) is 0.927. The number of aryl methyl sites for hydroxylation is 1. The molecule has 31 heavy (non-hydrogen) atoms. The van der Waals surface area contributed by atoms with E-state index in [9.17, 15) is 10.1 Å². The van der Waals surface area contributed by atoms with Crippen molar-refractivity contribution in [1.82, 2.24) is 4.57 Å². The van der Waals surface area contributed by atoms with Crippen molar-refractivity contribution in [2.45, 2.75) is 59.1 Å². The molecular formula is C26H29N3O2. The van der Waals surface area contributed by atoms with Crippen LogP contribution in [0.3, 0.4) is 0 Å². The average molecular weight is 416 g/mol. The number of carbonyl (C=O) groups excluding carboxylic acids is 1. The lowest BCUT2D eigenvalue weighted by molar-refractivity contribution is 0.108. The number of rotatable bonds is 6. The number of nitrogens with one attached hydrogen (secondary N) is 1. The summed E-state index contributed by atoms with van der Waals surface area (Å²) in [7, 11) is 0. The van der Waals surface area contributed by atoms with Crippen LogP contribution in [-0.2, 0) is 11.3 Å². The second-order valence-corrected chi connectivity index (χ2v) is 8.66. The molecule has 0 radical (unpaired) electrons. The van der Waals surface area contributed by atoms with Gasteiger partial charge in [0.25, 0.3) is 0 Å². The summed E-state index contributed by atoms with van der Waals surface area (Å²) in [6, 6.07) is 16.4. The largest absolute Gasteiger partial charge is 0.446 e. The molecule has 1 aliphatic rings. The fraction of sp³-hybridized carbons (Fsp3) is 0.385. The van der Waals surface area contributed by atoms with E-state index >= 15 is 0 Å². The average Bonchev–Trinajstić information content (AvgIpc) is 3.56. The molecule has 1 N–H and O–H groups in total. The van der Waals surface area contributed by atoms with E-state index in [0.29, 0.717) is 23.1 Å². The lowest BCUT2D eigenvalue weighted by Gasteiger charge is -2.13. The molecule has 1 atom stereocenters. The van der Waals surface area contributed by atoms with Crippen molar-refractivity contribution in [3.8, 4) is 17.3 Å². The zero-order valence-electron chi connectivity index (χ0n) is 18.6. The van der Waals surface area contributed by atoms with Gasteiger partial charge in [-0.3, -0.25) is 5.32 Å². The molecule has 2 aromatic carbocycles. The summed E-state index contributed by atoms with van der Waals surface area (Å²) >= 11 is 0. The Balaban J connectivity index is 1.65. The second-order valence-electron chi connectivity index (χ2n) is 8.66. The van der Waals surface area contributed by atoms with Gasteiger partial charge in [-0.15, -0.1) is 0 Å². The first kappa shape index (κ1) is 21.0. The molecular weight excluding hydrogens is 386 g/mol. The molecule has 0 saturated heterocycles. The van der Waals surface area contributed by atoms with Crippen LogP contribution in [0.4, 0.5) is 10.5 Å². The third-order valence-corrected chi connectivity index (χ3v) is 6.17. The molecule has 0 aliphatic heterocycles. The van der Waals surface area contributed by atoms with Gasteiger partial charge >= 0.3 is 6.09 Å². The number of hydrogen-bond donors (Lipinski definition) is 1. The summed E-state index contributed by atoms with van der Waals surface area (Å²) in [6.07, 6.45) is 1.80. The summed E-state index contributed by atoms with van der Waals surface area (Å²) in [4.78, 5) is 12.1. The first-order chi connectivity index (χ1) is 14.9. The molecule has 1 heterocycles.